The Morgan fingerprint density at radius 2 is 2.14 bits per heavy atom. The molecule has 0 aromatic rings. The van der Waals surface area contributed by atoms with Crippen molar-refractivity contribution < 1.29 is 4.74 Å². The molecule has 0 saturated heterocycles. The highest BCUT2D eigenvalue weighted by Crippen LogP contribution is 2.37. The smallest absolute Gasteiger partial charge is 0.0490 e. The summed E-state index contributed by atoms with van der Waals surface area (Å²) in [5.74, 6) is 3.05. The van der Waals surface area contributed by atoms with Gasteiger partial charge in [-0.25, -0.2) is 0 Å². The summed E-state index contributed by atoms with van der Waals surface area (Å²) in [4.78, 5) is 0. The summed E-state index contributed by atoms with van der Waals surface area (Å²) >= 11 is 0. The molecule has 4 atom stereocenters. The van der Waals surface area contributed by atoms with Crippen LogP contribution in [0.3, 0.4) is 0 Å². The minimum Gasteiger partial charge on any atom is -0.384 e. The summed E-state index contributed by atoms with van der Waals surface area (Å²) in [5.41, 5.74) is 5.83. The third-order valence-electron chi connectivity index (χ3n) is 3.77. The molecule has 0 aromatic carbocycles. The average Bonchev–Trinajstić information content (AvgIpc) is 2.18. The fourth-order valence-corrected chi connectivity index (χ4v) is 2.86. The van der Waals surface area contributed by atoms with Gasteiger partial charge in [-0.1, -0.05) is 20.3 Å². The lowest BCUT2D eigenvalue weighted by Crippen LogP contribution is -2.34. The van der Waals surface area contributed by atoms with Crippen molar-refractivity contribution in [3.05, 3.63) is 0 Å². The SMILES string of the molecule is COCC(C)C1CC(C)CCC1CN. The quantitative estimate of drug-likeness (QED) is 0.754. The van der Waals surface area contributed by atoms with Crippen LogP contribution in [0.1, 0.15) is 33.1 Å². The van der Waals surface area contributed by atoms with Crippen LogP contribution in [0.5, 0.6) is 0 Å². The summed E-state index contributed by atoms with van der Waals surface area (Å²) in [5, 5.41) is 0. The zero-order chi connectivity index (χ0) is 10.6. The highest BCUT2D eigenvalue weighted by Gasteiger charge is 2.31. The van der Waals surface area contributed by atoms with Gasteiger partial charge in [0.15, 0.2) is 0 Å². The molecular weight excluding hydrogens is 174 g/mol. The van der Waals surface area contributed by atoms with Crippen LogP contribution in [0.4, 0.5) is 0 Å². The summed E-state index contributed by atoms with van der Waals surface area (Å²) in [6.07, 6.45) is 4.01. The van der Waals surface area contributed by atoms with Gasteiger partial charge in [0.2, 0.25) is 0 Å². The molecule has 0 bridgehead atoms. The standard InChI is InChI=1S/C12H25NO/c1-9-4-5-11(7-13)12(6-9)10(2)8-14-3/h9-12H,4-8,13H2,1-3H3. The van der Waals surface area contributed by atoms with E-state index in [4.69, 9.17) is 10.5 Å². The van der Waals surface area contributed by atoms with Crippen LogP contribution in [0.15, 0.2) is 0 Å². The molecule has 0 spiro atoms. The van der Waals surface area contributed by atoms with Crippen LogP contribution < -0.4 is 5.73 Å². The van der Waals surface area contributed by atoms with Crippen LogP contribution in [0.2, 0.25) is 0 Å². The molecule has 0 amide bonds. The first-order chi connectivity index (χ1) is 6.69. The highest BCUT2D eigenvalue weighted by atomic mass is 16.5. The van der Waals surface area contributed by atoms with Crippen LogP contribution in [-0.2, 0) is 4.74 Å². The lowest BCUT2D eigenvalue weighted by atomic mass is 9.70. The molecule has 14 heavy (non-hydrogen) atoms. The highest BCUT2D eigenvalue weighted by molar-refractivity contribution is 4.82. The molecule has 1 rings (SSSR count). The van der Waals surface area contributed by atoms with E-state index in [1.165, 1.54) is 19.3 Å². The van der Waals surface area contributed by atoms with Gasteiger partial charge in [0.05, 0.1) is 0 Å². The number of hydrogen-bond acceptors (Lipinski definition) is 2. The number of hydrogen-bond donors (Lipinski definition) is 1. The second-order valence-corrected chi connectivity index (χ2v) is 5.01. The molecule has 2 nitrogen and oxygen atoms in total. The molecular formula is C12H25NO. The molecule has 0 radical (unpaired) electrons. The molecule has 1 aliphatic rings. The summed E-state index contributed by atoms with van der Waals surface area (Å²) in [7, 11) is 1.79. The largest absolute Gasteiger partial charge is 0.384 e. The Kier molecular flexibility index (Phi) is 4.90. The normalized spacial score (nSPS) is 35.6. The molecule has 2 N–H and O–H groups in total. The van der Waals surface area contributed by atoms with E-state index >= 15 is 0 Å². The summed E-state index contributed by atoms with van der Waals surface area (Å²) in [6, 6.07) is 0. The van der Waals surface area contributed by atoms with Gasteiger partial charge in [-0.3, -0.25) is 0 Å². The topological polar surface area (TPSA) is 35.2 Å². The zero-order valence-electron chi connectivity index (χ0n) is 9.83. The van der Waals surface area contributed by atoms with Gasteiger partial charge in [-0.15, -0.1) is 0 Å². The summed E-state index contributed by atoms with van der Waals surface area (Å²) < 4.78 is 5.24. The number of methoxy groups -OCH3 is 1. The van der Waals surface area contributed by atoms with Crippen LogP contribution in [0, 0.1) is 23.7 Å². The van der Waals surface area contributed by atoms with Crippen LogP contribution >= 0.6 is 0 Å². The first-order valence-corrected chi connectivity index (χ1v) is 5.88. The molecule has 4 unspecified atom stereocenters. The van der Waals surface area contributed by atoms with Crippen molar-refractivity contribution in [2.45, 2.75) is 33.1 Å². The summed E-state index contributed by atoms with van der Waals surface area (Å²) in [6.45, 7) is 6.40. The van der Waals surface area contributed by atoms with Crippen molar-refractivity contribution >= 4 is 0 Å². The lowest BCUT2D eigenvalue weighted by molar-refractivity contribution is 0.0719. The predicted octanol–water partition coefficient (Wildman–Crippen LogP) is 2.28. The first kappa shape index (κ1) is 12.0. The minimum absolute atomic E-state index is 0.663. The van der Waals surface area contributed by atoms with Crippen LogP contribution in [0.25, 0.3) is 0 Å². The maximum Gasteiger partial charge on any atom is 0.0490 e. The molecule has 0 heterocycles. The lowest BCUT2D eigenvalue weighted by Gasteiger charge is -2.37. The van der Waals surface area contributed by atoms with Gasteiger partial charge in [0.25, 0.3) is 0 Å². The Morgan fingerprint density at radius 3 is 2.71 bits per heavy atom. The average molecular weight is 199 g/mol. The third kappa shape index (κ3) is 2.96. The third-order valence-corrected chi connectivity index (χ3v) is 3.77. The van der Waals surface area contributed by atoms with Gasteiger partial charge >= 0.3 is 0 Å². The maximum absolute atomic E-state index is 5.83. The maximum atomic E-state index is 5.83. The fraction of sp³-hybridized carbons (Fsp3) is 1.00. The Labute approximate surface area is 88.2 Å². The van der Waals surface area contributed by atoms with Gasteiger partial charge in [0.1, 0.15) is 0 Å². The van der Waals surface area contributed by atoms with E-state index in [-0.39, 0.29) is 0 Å². The van der Waals surface area contributed by atoms with Gasteiger partial charge in [-0.05, 0) is 43.1 Å². The number of nitrogens with two attached hydrogens (primary N) is 1. The van der Waals surface area contributed by atoms with E-state index in [9.17, 15) is 0 Å². The second-order valence-electron chi connectivity index (χ2n) is 5.01. The van der Waals surface area contributed by atoms with Crippen molar-refractivity contribution in [1.29, 1.82) is 0 Å². The van der Waals surface area contributed by atoms with Crippen molar-refractivity contribution in [1.82, 2.24) is 0 Å². The zero-order valence-corrected chi connectivity index (χ0v) is 9.83. The van der Waals surface area contributed by atoms with E-state index < -0.39 is 0 Å². The molecule has 1 fully saturated rings. The Morgan fingerprint density at radius 1 is 1.43 bits per heavy atom. The van der Waals surface area contributed by atoms with E-state index in [0.29, 0.717) is 5.92 Å². The monoisotopic (exact) mass is 199 g/mol. The van der Waals surface area contributed by atoms with Gasteiger partial charge in [-0.2, -0.15) is 0 Å². The van der Waals surface area contributed by atoms with Crippen molar-refractivity contribution in [3.63, 3.8) is 0 Å². The Bertz CT molecular complexity index is 160. The number of rotatable bonds is 4. The molecule has 1 saturated carbocycles. The van der Waals surface area contributed by atoms with Gasteiger partial charge < -0.3 is 10.5 Å². The molecule has 1 aliphatic carbocycles. The first-order valence-electron chi connectivity index (χ1n) is 5.88. The minimum atomic E-state index is 0.663. The molecule has 0 aromatic heterocycles. The van der Waals surface area contributed by atoms with Crippen LogP contribution in [-0.4, -0.2) is 20.3 Å². The second kappa shape index (κ2) is 5.72. The Hall–Kier alpha value is -0.0800. The predicted molar refractivity (Wildman–Crippen MR) is 60.1 cm³/mol. The van der Waals surface area contributed by atoms with E-state index in [2.05, 4.69) is 13.8 Å². The van der Waals surface area contributed by atoms with Crippen molar-refractivity contribution in [3.8, 4) is 0 Å². The molecule has 84 valence electrons. The van der Waals surface area contributed by atoms with E-state index in [1.54, 1.807) is 7.11 Å². The van der Waals surface area contributed by atoms with E-state index in [0.717, 1.165) is 30.9 Å². The van der Waals surface area contributed by atoms with Gasteiger partial charge in [0, 0.05) is 13.7 Å². The Balaban J connectivity index is 2.51. The molecule has 0 aliphatic heterocycles. The van der Waals surface area contributed by atoms with E-state index in [1.807, 2.05) is 0 Å². The molecule has 2 heteroatoms. The fourth-order valence-electron chi connectivity index (χ4n) is 2.86. The van der Waals surface area contributed by atoms with Crippen molar-refractivity contribution in [2.24, 2.45) is 29.4 Å². The number of ether oxygens (including phenoxy) is 1. The van der Waals surface area contributed by atoms with Crippen molar-refractivity contribution in [2.75, 3.05) is 20.3 Å².